The normalized spacial score (nSPS) is 11.1. The van der Waals surface area contributed by atoms with Gasteiger partial charge in [-0.2, -0.15) is 0 Å². The summed E-state index contributed by atoms with van der Waals surface area (Å²) in [5.41, 5.74) is 3.62. The Bertz CT molecular complexity index is 1160. The van der Waals surface area contributed by atoms with Gasteiger partial charge in [0.05, 0.1) is 0 Å². The average Bonchev–Trinajstić information content (AvgIpc) is 2.72. The van der Waals surface area contributed by atoms with Crippen molar-refractivity contribution in [1.82, 2.24) is 0 Å². The molecule has 4 aromatic carbocycles. The molecule has 0 aliphatic rings. The molecule has 2 heteroatoms. The molecule has 4 aromatic rings. The van der Waals surface area contributed by atoms with E-state index in [2.05, 4.69) is 36.4 Å². The minimum Gasteiger partial charge on any atom is -0.508 e. The standard InChI is InChI=1S/C25H18O2/c26-23-10-5-9-22(17-23)25(27)15-14-19-7-3-4-11-24(19)21-13-12-18-6-1-2-8-20(18)16-21/h1-17,26H. The zero-order valence-corrected chi connectivity index (χ0v) is 14.7. The lowest BCUT2D eigenvalue weighted by molar-refractivity contribution is 0.104. The van der Waals surface area contributed by atoms with E-state index in [1.165, 1.54) is 16.8 Å². The van der Waals surface area contributed by atoms with Gasteiger partial charge in [-0.25, -0.2) is 0 Å². The lowest BCUT2D eigenvalue weighted by Gasteiger charge is -2.08. The molecule has 0 aromatic heterocycles. The fourth-order valence-electron chi connectivity index (χ4n) is 3.18. The summed E-state index contributed by atoms with van der Waals surface area (Å²) in [6.45, 7) is 0. The predicted octanol–water partition coefficient (Wildman–Crippen LogP) is 6.11. The highest BCUT2D eigenvalue weighted by atomic mass is 16.3. The van der Waals surface area contributed by atoms with Crippen LogP contribution in [0, 0.1) is 0 Å². The van der Waals surface area contributed by atoms with Crippen molar-refractivity contribution in [3.05, 3.63) is 108 Å². The van der Waals surface area contributed by atoms with E-state index in [0.717, 1.165) is 16.7 Å². The minimum atomic E-state index is -0.140. The molecule has 0 fully saturated rings. The fraction of sp³-hybridized carbons (Fsp3) is 0. The van der Waals surface area contributed by atoms with Crippen LogP contribution in [0.5, 0.6) is 5.75 Å². The van der Waals surface area contributed by atoms with Crippen LogP contribution in [0.3, 0.4) is 0 Å². The molecule has 0 aliphatic carbocycles. The van der Waals surface area contributed by atoms with Gasteiger partial charge in [-0.15, -0.1) is 0 Å². The Morgan fingerprint density at radius 1 is 0.741 bits per heavy atom. The van der Waals surface area contributed by atoms with E-state index in [-0.39, 0.29) is 11.5 Å². The molecular weight excluding hydrogens is 332 g/mol. The van der Waals surface area contributed by atoms with Gasteiger partial charge in [0.15, 0.2) is 5.78 Å². The van der Waals surface area contributed by atoms with Crippen molar-refractivity contribution in [2.45, 2.75) is 0 Å². The second kappa shape index (κ2) is 7.30. The van der Waals surface area contributed by atoms with Crippen molar-refractivity contribution < 1.29 is 9.90 Å². The number of phenols is 1. The van der Waals surface area contributed by atoms with E-state index < -0.39 is 0 Å². The van der Waals surface area contributed by atoms with Crippen molar-refractivity contribution in [1.29, 1.82) is 0 Å². The van der Waals surface area contributed by atoms with Crippen LogP contribution in [0.4, 0.5) is 0 Å². The first kappa shape index (κ1) is 16.8. The zero-order chi connectivity index (χ0) is 18.6. The summed E-state index contributed by atoms with van der Waals surface area (Å²) in [4.78, 5) is 12.4. The van der Waals surface area contributed by atoms with Crippen LogP contribution in [0.2, 0.25) is 0 Å². The first-order valence-electron chi connectivity index (χ1n) is 8.80. The molecule has 0 heterocycles. The summed E-state index contributed by atoms with van der Waals surface area (Å²) in [5, 5.41) is 11.9. The smallest absolute Gasteiger partial charge is 0.185 e. The second-order valence-corrected chi connectivity index (χ2v) is 6.40. The summed E-state index contributed by atoms with van der Waals surface area (Å²) in [6.07, 6.45) is 3.38. The maximum Gasteiger partial charge on any atom is 0.185 e. The second-order valence-electron chi connectivity index (χ2n) is 6.40. The van der Waals surface area contributed by atoms with Crippen LogP contribution in [0.25, 0.3) is 28.0 Å². The molecule has 0 bridgehead atoms. The predicted molar refractivity (Wildman–Crippen MR) is 111 cm³/mol. The van der Waals surface area contributed by atoms with Gasteiger partial charge in [0, 0.05) is 5.56 Å². The largest absolute Gasteiger partial charge is 0.508 e. The summed E-state index contributed by atoms with van der Waals surface area (Å²) < 4.78 is 0. The number of rotatable bonds is 4. The first-order valence-corrected chi connectivity index (χ1v) is 8.80. The van der Waals surface area contributed by atoms with Gasteiger partial charge in [0.25, 0.3) is 0 Å². The summed E-state index contributed by atoms with van der Waals surface area (Å²) in [7, 11) is 0. The van der Waals surface area contributed by atoms with Crippen molar-refractivity contribution in [2.75, 3.05) is 0 Å². The third kappa shape index (κ3) is 3.65. The van der Waals surface area contributed by atoms with Crippen LogP contribution >= 0.6 is 0 Å². The third-order valence-corrected chi connectivity index (χ3v) is 4.57. The summed E-state index contributed by atoms with van der Waals surface area (Å²) >= 11 is 0. The Morgan fingerprint density at radius 2 is 1.52 bits per heavy atom. The maximum atomic E-state index is 12.4. The number of aromatic hydroxyl groups is 1. The van der Waals surface area contributed by atoms with Gasteiger partial charge in [-0.05, 0) is 51.7 Å². The molecule has 0 spiro atoms. The molecule has 4 rings (SSSR count). The van der Waals surface area contributed by atoms with Gasteiger partial charge in [0.2, 0.25) is 0 Å². The Morgan fingerprint density at radius 3 is 2.37 bits per heavy atom. The Hall–Kier alpha value is -3.65. The molecule has 27 heavy (non-hydrogen) atoms. The molecule has 130 valence electrons. The molecule has 2 nitrogen and oxygen atoms in total. The minimum absolute atomic E-state index is 0.0887. The summed E-state index contributed by atoms with van der Waals surface area (Å²) in [5.74, 6) is -0.0509. The van der Waals surface area contributed by atoms with Crippen LogP contribution < -0.4 is 0 Å². The first-order chi connectivity index (χ1) is 13.2. The number of hydrogen-bond acceptors (Lipinski definition) is 2. The van der Waals surface area contributed by atoms with E-state index in [4.69, 9.17) is 0 Å². The lowest BCUT2D eigenvalue weighted by atomic mass is 9.96. The average molecular weight is 350 g/mol. The molecule has 0 unspecified atom stereocenters. The topological polar surface area (TPSA) is 37.3 Å². The Labute approximate surface area is 158 Å². The van der Waals surface area contributed by atoms with Gasteiger partial charge in [0.1, 0.15) is 5.75 Å². The van der Waals surface area contributed by atoms with E-state index >= 15 is 0 Å². The highest BCUT2D eigenvalue weighted by Gasteiger charge is 2.06. The fourth-order valence-corrected chi connectivity index (χ4v) is 3.18. The molecule has 1 N–H and O–H groups in total. The van der Waals surface area contributed by atoms with Crippen molar-refractivity contribution in [3.8, 4) is 16.9 Å². The van der Waals surface area contributed by atoms with E-state index in [1.807, 2.05) is 36.4 Å². The SMILES string of the molecule is O=C(C=Cc1ccccc1-c1ccc2ccccc2c1)c1cccc(O)c1. The number of fused-ring (bicyclic) bond motifs is 1. The number of phenolic OH excluding ortho intramolecular Hbond substituents is 1. The van der Waals surface area contributed by atoms with Crippen LogP contribution in [-0.2, 0) is 0 Å². The Kier molecular flexibility index (Phi) is 4.54. The van der Waals surface area contributed by atoms with Gasteiger partial charge >= 0.3 is 0 Å². The molecule has 0 saturated heterocycles. The molecule has 0 amide bonds. The zero-order valence-electron chi connectivity index (χ0n) is 14.7. The Balaban J connectivity index is 1.69. The van der Waals surface area contributed by atoms with Gasteiger partial charge in [-0.1, -0.05) is 78.9 Å². The van der Waals surface area contributed by atoms with E-state index in [1.54, 1.807) is 24.3 Å². The number of allylic oxidation sites excluding steroid dienone is 1. The third-order valence-electron chi connectivity index (χ3n) is 4.57. The van der Waals surface area contributed by atoms with E-state index in [9.17, 15) is 9.90 Å². The maximum absolute atomic E-state index is 12.4. The molecule has 0 radical (unpaired) electrons. The van der Waals surface area contributed by atoms with Crippen LogP contribution in [0.15, 0.2) is 97.1 Å². The molecule has 0 atom stereocenters. The lowest BCUT2D eigenvalue weighted by Crippen LogP contribution is -1.93. The highest BCUT2D eigenvalue weighted by molar-refractivity contribution is 6.07. The molecule has 0 aliphatic heterocycles. The van der Waals surface area contributed by atoms with Crippen molar-refractivity contribution in [2.24, 2.45) is 0 Å². The summed E-state index contributed by atoms with van der Waals surface area (Å²) in [6, 6.07) is 29.0. The quantitative estimate of drug-likeness (QED) is 0.356. The van der Waals surface area contributed by atoms with Gasteiger partial charge in [-0.3, -0.25) is 4.79 Å². The van der Waals surface area contributed by atoms with Crippen LogP contribution in [0.1, 0.15) is 15.9 Å². The number of ketones is 1. The number of benzene rings is 4. The van der Waals surface area contributed by atoms with E-state index in [0.29, 0.717) is 5.56 Å². The highest BCUT2D eigenvalue weighted by Crippen LogP contribution is 2.28. The van der Waals surface area contributed by atoms with Gasteiger partial charge < -0.3 is 5.11 Å². The monoisotopic (exact) mass is 350 g/mol. The number of hydrogen-bond donors (Lipinski definition) is 1. The van der Waals surface area contributed by atoms with Crippen molar-refractivity contribution >= 4 is 22.6 Å². The molecule has 0 saturated carbocycles. The number of carbonyl (C=O) groups excluding carboxylic acids is 1. The van der Waals surface area contributed by atoms with Crippen LogP contribution in [-0.4, -0.2) is 10.9 Å². The molecular formula is C25H18O2. The van der Waals surface area contributed by atoms with Crippen molar-refractivity contribution in [3.63, 3.8) is 0 Å². The number of carbonyl (C=O) groups is 1.